The van der Waals surface area contributed by atoms with Crippen LogP contribution in [0.4, 0.5) is 0 Å². The smallest absolute Gasteiger partial charge is 0.336 e. The third-order valence-electron chi connectivity index (χ3n) is 3.64. The van der Waals surface area contributed by atoms with E-state index in [1.54, 1.807) is 19.2 Å². The van der Waals surface area contributed by atoms with Gasteiger partial charge in [0, 0.05) is 41.3 Å². The molecule has 1 N–H and O–H groups in total. The van der Waals surface area contributed by atoms with E-state index in [4.69, 9.17) is 9.15 Å². The molecule has 2 aromatic carbocycles. The van der Waals surface area contributed by atoms with E-state index in [1.807, 2.05) is 42.1 Å². The molecule has 24 heavy (non-hydrogen) atoms. The van der Waals surface area contributed by atoms with Crippen molar-refractivity contribution in [1.29, 1.82) is 0 Å². The van der Waals surface area contributed by atoms with Crippen molar-refractivity contribution in [3.63, 3.8) is 0 Å². The molecule has 3 aromatic rings. The van der Waals surface area contributed by atoms with Gasteiger partial charge in [-0.15, -0.1) is 11.8 Å². The minimum Gasteiger partial charge on any atom is -0.497 e. The fourth-order valence-corrected chi connectivity index (χ4v) is 3.30. The Morgan fingerprint density at radius 3 is 2.75 bits per heavy atom. The van der Waals surface area contributed by atoms with Crippen LogP contribution >= 0.6 is 11.8 Å². The Bertz CT molecular complexity index is 861. The molecule has 5 heteroatoms. The van der Waals surface area contributed by atoms with Crippen molar-refractivity contribution in [3.05, 3.63) is 70.6 Å². The van der Waals surface area contributed by atoms with Gasteiger partial charge in [-0.3, -0.25) is 0 Å². The Morgan fingerprint density at radius 1 is 1.12 bits per heavy atom. The molecule has 0 unspecified atom stereocenters. The average molecular weight is 341 g/mol. The molecular formula is C19H19NO3S. The van der Waals surface area contributed by atoms with Crippen molar-refractivity contribution < 1.29 is 9.15 Å². The second-order valence-electron chi connectivity index (χ2n) is 5.29. The zero-order valence-corrected chi connectivity index (χ0v) is 14.3. The monoisotopic (exact) mass is 341 g/mol. The molecule has 0 fully saturated rings. The van der Waals surface area contributed by atoms with Gasteiger partial charge in [0.1, 0.15) is 11.3 Å². The summed E-state index contributed by atoms with van der Waals surface area (Å²) in [5.74, 6) is 1.65. The van der Waals surface area contributed by atoms with Crippen molar-refractivity contribution in [2.45, 2.75) is 11.4 Å². The third kappa shape index (κ3) is 4.19. The highest BCUT2D eigenvalue weighted by Crippen LogP contribution is 2.22. The first-order valence-electron chi connectivity index (χ1n) is 7.75. The average Bonchev–Trinajstić information content (AvgIpc) is 2.61. The predicted molar refractivity (Wildman–Crippen MR) is 97.9 cm³/mol. The summed E-state index contributed by atoms with van der Waals surface area (Å²) in [5, 5.41) is 4.32. The van der Waals surface area contributed by atoms with Gasteiger partial charge in [-0.1, -0.05) is 18.2 Å². The molecule has 0 saturated heterocycles. The maximum atomic E-state index is 11.7. The lowest BCUT2D eigenvalue weighted by atomic mass is 10.1. The summed E-state index contributed by atoms with van der Waals surface area (Å²) in [6.07, 6.45) is 0. The Morgan fingerprint density at radius 2 is 1.96 bits per heavy atom. The van der Waals surface area contributed by atoms with Crippen LogP contribution in [0.2, 0.25) is 0 Å². The van der Waals surface area contributed by atoms with Gasteiger partial charge in [0.05, 0.1) is 7.11 Å². The van der Waals surface area contributed by atoms with E-state index in [2.05, 4.69) is 17.4 Å². The van der Waals surface area contributed by atoms with Crippen LogP contribution in [0.1, 0.15) is 5.56 Å². The summed E-state index contributed by atoms with van der Waals surface area (Å²) in [4.78, 5) is 13.0. The van der Waals surface area contributed by atoms with E-state index in [9.17, 15) is 4.79 Å². The Hall–Kier alpha value is -2.24. The summed E-state index contributed by atoms with van der Waals surface area (Å²) in [6, 6.07) is 17.4. The van der Waals surface area contributed by atoms with Crippen molar-refractivity contribution in [2.75, 3.05) is 19.4 Å². The number of hydrogen-bond acceptors (Lipinski definition) is 5. The number of hydrogen-bond donors (Lipinski definition) is 1. The predicted octanol–water partition coefficient (Wildman–Crippen LogP) is 3.68. The second kappa shape index (κ2) is 8.04. The Balaban J connectivity index is 1.61. The number of methoxy groups -OCH3 is 1. The molecule has 0 amide bonds. The number of benzene rings is 2. The van der Waals surface area contributed by atoms with E-state index in [0.29, 0.717) is 17.9 Å². The lowest BCUT2D eigenvalue weighted by molar-refractivity contribution is 0.414. The number of thioether (sulfide) groups is 1. The van der Waals surface area contributed by atoms with E-state index >= 15 is 0 Å². The fraction of sp³-hybridized carbons (Fsp3) is 0.211. The van der Waals surface area contributed by atoms with Gasteiger partial charge in [0.25, 0.3) is 0 Å². The first kappa shape index (κ1) is 16.6. The van der Waals surface area contributed by atoms with Crippen LogP contribution in [0.15, 0.2) is 68.7 Å². The molecule has 0 bridgehead atoms. The minimum absolute atomic E-state index is 0.341. The van der Waals surface area contributed by atoms with Gasteiger partial charge in [-0.25, -0.2) is 4.79 Å². The van der Waals surface area contributed by atoms with Crippen molar-refractivity contribution in [3.8, 4) is 5.75 Å². The molecule has 0 aliphatic rings. The molecule has 4 nitrogen and oxygen atoms in total. The largest absolute Gasteiger partial charge is 0.497 e. The highest BCUT2D eigenvalue weighted by atomic mass is 32.2. The van der Waals surface area contributed by atoms with Gasteiger partial charge in [-0.05, 0) is 29.8 Å². The van der Waals surface area contributed by atoms with Crippen molar-refractivity contribution in [2.24, 2.45) is 0 Å². The highest BCUT2D eigenvalue weighted by Gasteiger charge is 2.06. The van der Waals surface area contributed by atoms with Gasteiger partial charge in [0.15, 0.2) is 0 Å². The molecule has 3 rings (SSSR count). The van der Waals surface area contributed by atoms with Crippen LogP contribution in [-0.2, 0) is 6.54 Å². The van der Waals surface area contributed by atoms with Crippen LogP contribution in [0.3, 0.4) is 0 Å². The number of ether oxygens (including phenoxy) is 1. The number of nitrogens with one attached hydrogen (secondary N) is 1. The molecule has 0 aliphatic carbocycles. The van der Waals surface area contributed by atoms with Crippen LogP contribution in [0.25, 0.3) is 11.0 Å². The van der Waals surface area contributed by atoms with Crippen molar-refractivity contribution in [1.82, 2.24) is 5.32 Å². The fourth-order valence-electron chi connectivity index (χ4n) is 2.46. The molecule has 1 heterocycles. The Kier molecular flexibility index (Phi) is 5.56. The van der Waals surface area contributed by atoms with E-state index in [1.165, 1.54) is 4.90 Å². The molecule has 0 radical (unpaired) electrons. The highest BCUT2D eigenvalue weighted by molar-refractivity contribution is 7.99. The maximum Gasteiger partial charge on any atom is 0.336 e. The Labute approximate surface area is 144 Å². The van der Waals surface area contributed by atoms with E-state index in [-0.39, 0.29) is 5.63 Å². The number of fused-ring (bicyclic) bond motifs is 1. The summed E-state index contributed by atoms with van der Waals surface area (Å²) in [5.41, 5.74) is 1.15. The SMILES string of the molecule is COc1ccc2c(CNCCSc3ccccc3)cc(=O)oc2c1. The quantitative estimate of drug-likeness (QED) is 0.404. The third-order valence-corrected chi connectivity index (χ3v) is 4.66. The lowest BCUT2D eigenvalue weighted by Crippen LogP contribution is -2.17. The lowest BCUT2D eigenvalue weighted by Gasteiger charge is -2.08. The standard InChI is InChI=1S/C19H19NO3S/c1-22-15-7-8-17-14(11-19(21)23-18(17)12-15)13-20-9-10-24-16-5-3-2-4-6-16/h2-8,11-12,20H,9-10,13H2,1H3. The molecule has 124 valence electrons. The zero-order chi connectivity index (χ0) is 16.8. The molecule has 0 atom stereocenters. The first-order valence-corrected chi connectivity index (χ1v) is 8.74. The van der Waals surface area contributed by atoms with Crippen LogP contribution < -0.4 is 15.7 Å². The minimum atomic E-state index is -0.341. The van der Waals surface area contributed by atoms with Crippen LogP contribution in [0.5, 0.6) is 5.75 Å². The summed E-state index contributed by atoms with van der Waals surface area (Å²) >= 11 is 1.81. The van der Waals surface area contributed by atoms with Gasteiger partial charge in [-0.2, -0.15) is 0 Å². The van der Waals surface area contributed by atoms with Crippen LogP contribution in [-0.4, -0.2) is 19.4 Å². The number of rotatable bonds is 7. The van der Waals surface area contributed by atoms with Gasteiger partial charge >= 0.3 is 5.63 Å². The molecule has 0 saturated carbocycles. The van der Waals surface area contributed by atoms with Gasteiger partial charge in [0.2, 0.25) is 0 Å². The van der Waals surface area contributed by atoms with Crippen molar-refractivity contribution >= 4 is 22.7 Å². The summed E-state index contributed by atoms with van der Waals surface area (Å²) in [7, 11) is 1.59. The van der Waals surface area contributed by atoms with Gasteiger partial charge < -0.3 is 14.5 Å². The first-order chi connectivity index (χ1) is 11.8. The molecular weight excluding hydrogens is 322 g/mol. The molecule has 1 aromatic heterocycles. The molecule has 0 spiro atoms. The zero-order valence-electron chi connectivity index (χ0n) is 13.5. The van der Waals surface area contributed by atoms with E-state index < -0.39 is 0 Å². The van der Waals surface area contributed by atoms with Crippen LogP contribution in [0, 0.1) is 0 Å². The maximum absolute atomic E-state index is 11.7. The summed E-state index contributed by atoms with van der Waals surface area (Å²) < 4.78 is 10.4. The van der Waals surface area contributed by atoms with E-state index in [0.717, 1.165) is 23.2 Å². The second-order valence-corrected chi connectivity index (χ2v) is 6.46. The molecule has 0 aliphatic heterocycles. The normalized spacial score (nSPS) is 10.9. The topological polar surface area (TPSA) is 51.5 Å². The summed E-state index contributed by atoms with van der Waals surface area (Å²) in [6.45, 7) is 1.49.